The van der Waals surface area contributed by atoms with Crippen molar-refractivity contribution in [1.29, 1.82) is 0 Å². The lowest BCUT2D eigenvalue weighted by Crippen LogP contribution is -2.30. The molecule has 2 aromatic carbocycles. The molecule has 3 rings (SSSR count). The lowest BCUT2D eigenvalue weighted by molar-refractivity contribution is -0.117. The highest BCUT2D eigenvalue weighted by Gasteiger charge is 2.29. The number of ether oxygens (including phenoxy) is 1. The number of rotatable bonds is 7. The van der Waals surface area contributed by atoms with Gasteiger partial charge >= 0.3 is 0 Å². The van der Waals surface area contributed by atoms with Crippen LogP contribution in [0.1, 0.15) is 23.2 Å². The number of carbonyl (C=O) groups is 2. The average molecular weight is 373 g/mol. The Kier molecular flexibility index (Phi) is 5.78. The number of nitrogens with one attached hydrogen (secondary N) is 1. The first-order valence-electron chi connectivity index (χ1n) is 8.57. The smallest absolute Gasteiger partial charge is 0.253 e. The van der Waals surface area contributed by atoms with E-state index in [1.807, 2.05) is 12.1 Å². The molecule has 26 heavy (non-hydrogen) atoms. The topological polar surface area (TPSA) is 58.6 Å². The van der Waals surface area contributed by atoms with Gasteiger partial charge in [-0.3, -0.25) is 9.59 Å². The Morgan fingerprint density at radius 3 is 2.58 bits per heavy atom. The van der Waals surface area contributed by atoms with Crippen molar-refractivity contribution in [2.45, 2.75) is 12.8 Å². The number of nitrogens with zero attached hydrogens (tertiary/aromatic N) is 1. The summed E-state index contributed by atoms with van der Waals surface area (Å²) in [6, 6.07) is 14.1. The van der Waals surface area contributed by atoms with E-state index >= 15 is 0 Å². The summed E-state index contributed by atoms with van der Waals surface area (Å²) >= 11 is 5.91. The van der Waals surface area contributed by atoms with Crippen molar-refractivity contribution < 1.29 is 14.3 Å². The zero-order valence-electron chi connectivity index (χ0n) is 14.6. The molecule has 136 valence electrons. The van der Waals surface area contributed by atoms with Gasteiger partial charge in [-0.05, 0) is 55.3 Å². The van der Waals surface area contributed by atoms with Gasteiger partial charge in [-0.1, -0.05) is 17.7 Å². The Morgan fingerprint density at radius 2 is 1.92 bits per heavy atom. The molecule has 0 radical (unpaired) electrons. The summed E-state index contributed by atoms with van der Waals surface area (Å²) in [6.07, 6.45) is 1.93. The number of amides is 2. The molecule has 5 nitrogen and oxygen atoms in total. The Morgan fingerprint density at radius 1 is 1.19 bits per heavy atom. The summed E-state index contributed by atoms with van der Waals surface area (Å²) in [6.45, 7) is 0.823. The zero-order valence-corrected chi connectivity index (χ0v) is 15.3. The maximum atomic E-state index is 12.5. The highest BCUT2D eigenvalue weighted by molar-refractivity contribution is 6.30. The lowest BCUT2D eigenvalue weighted by Gasteiger charge is -2.18. The number of benzene rings is 2. The number of halogens is 1. The van der Waals surface area contributed by atoms with Crippen molar-refractivity contribution in [3.63, 3.8) is 0 Å². The van der Waals surface area contributed by atoms with Crippen LogP contribution < -0.4 is 10.1 Å². The summed E-state index contributed by atoms with van der Waals surface area (Å²) in [5.41, 5.74) is 1.28. The van der Waals surface area contributed by atoms with Gasteiger partial charge in [0.05, 0.1) is 6.54 Å². The fourth-order valence-electron chi connectivity index (χ4n) is 2.47. The van der Waals surface area contributed by atoms with Gasteiger partial charge in [-0.15, -0.1) is 0 Å². The van der Waals surface area contributed by atoms with Crippen LogP contribution in [-0.2, 0) is 4.79 Å². The van der Waals surface area contributed by atoms with E-state index < -0.39 is 0 Å². The molecule has 1 N–H and O–H groups in total. The highest BCUT2D eigenvalue weighted by atomic mass is 35.5. The second kappa shape index (κ2) is 8.23. The van der Waals surface area contributed by atoms with E-state index in [9.17, 15) is 9.59 Å². The van der Waals surface area contributed by atoms with Crippen LogP contribution in [0.2, 0.25) is 5.02 Å². The molecule has 6 heteroatoms. The number of hydrogen-bond donors (Lipinski definition) is 1. The molecule has 0 aromatic heterocycles. The molecule has 0 aliphatic heterocycles. The Labute approximate surface area is 157 Å². The second-order valence-electron chi connectivity index (χ2n) is 6.37. The molecule has 1 fully saturated rings. The summed E-state index contributed by atoms with van der Waals surface area (Å²) in [5.74, 6) is 0.787. The number of anilines is 1. The Bertz CT molecular complexity index is 788. The summed E-state index contributed by atoms with van der Waals surface area (Å²) in [5, 5.41) is 3.47. The van der Waals surface area contributed by atoms with Gasteiger partial charge < -0.3 is 15.0 Å². The third-order valence-corrected chi connectivity index (χ3v) is 4.42. The quantitative estimate of drug-likeness (QED) is 0.803. The van der Waals surface area contributed by atoms with Crippen LogP contribution in [0.15, 0.2) is 48.5 Å². The monoisotopic (exact) mass is 372 g/mol. The molecule has 1 aliphatic carbocycles. The highest BCUT2D eigenvalue weighted by Crippen LogP contribution is 2.30. The maximum absolute atomic E-state index is 12.5. The van der Waals surface area contributed by atoms with E-state index in [0.29, 0.717) is 35.2 Å². The minimum absolute atomic E-state index is 0.0550. The van der Waals surface area contributed by atoms with Gasteiger partial charge in [0.2, 0.25) is 5.91 Å². The average Bonchev–Trinajstić information content (AvgIpc) is 3.47. The van der Waals surface area contributed by atoms with E-state index in [0.717, 1.165) is 12.8 Å². The fraction of sp³-hybridized carbons (Fsp3) is 0.300. The van der Waals surface area contributed by atoms with Gasteiger partial charge in [0.15, 0.2) is 0 Å². The molecule has 1 aliphatic rings. The first kappa shape index (κ1) is 18.3. The minimum Gasteiger partial charge on any atom is -0.492 e. The van der Waals surface area contributed by atoms with E-state index in [1.54, 1.807) is 48.3 Å². The van der Waals surface area contributed by atoms with Crippen molar-refractivity contribution in [3.05, 3.63) is 59.1 Å². The lowest BCUT2D eigenvalue weighted by atomic mass is 10.2. The van der Waals surface area contributed by atoms with E-state index in [1.165, 1.54) is 0 Å². The summed E-state index contributed by atoms with van der Waals surface area (Å²) in [4.78, 5) is 25.8. The van der Waals surface area contributed by atoms with Crippen molar-refractivity contribution in [2.24, 2.45) is 5.92 Å². The van der Waals surface area contributed by atoms with Crippen LogP contribution in [0.3, 0.4) is 0 Å². The predicted molar refractivity (Wildman–Crippen MR) is 102 cm³/mol. The summed E-state index contributed by atoms with van der Waals surface area (Å²) in [7, 11) is 1.73. The van der Waals surface area contributed by atoms with E-state index in [4.69, 9.17) is 16.3 Å². The van der Waals surface area contributed by atoms with Crippen LogP contribution in [0.25, 0.3) is 0 Å². The Balaban J connectivity index is 1.48. The Hall–Kier alpha value is -2.53. The molecular weight excluding hydrogens is 352 g/mol. The van der Waals surface area contributed by atoms with Gasteiger partial charge in [-0.2, -0.15) is 0 Å². The van der Waals surface area contributed by atoms with Crippen LogP contribution >= 0.6 is 11.6 Å². The number of hydrogen-bond acceptors (Lipinski definition) is 3. The first-order valence-corrected chi connectivity index (χ1v) is 8.95. The molecule has 2 amide bonds. The third-order valence-electron chi connectivity index (χ3n) is 4.19. The molecule has 0 saturated heterocycles. The molecule has 0 atom stereocenters. The molecule has 0 unspecified atom stereocenters. The molecule has 0 heterocycles. The van der Waals surface area contributed by atoms with Crippen LogP contribution in [-0.4, -0.2) is 36.9 Å². The van der Waals surface area contributed by atoms with Crippen LogP contribution in [0.4, 0.5) is 5.69 Å². The molecule has 2 aromatic rings. The predicted octanol–water partition coefficient (Wildman–Crippen LogP) is 3.84. The molecule has 0 spiro atoms. The first-order chi connectivity index (χ1) is 12.5. The number of carbonyl (C=O) groups excluding carboxylic acids is 2. The fourth-order valence-corrected chi connectivity index (χ4v) is 2.65. The zero-order chi connectivity index (χ0) is 18.5. The van der Waals surface area contributed by atoms with Crippen molar-refractivity contribution >= 4 is 29.1 Å². The van der Waals surface area contributed by atoms with Gasteiger partial charge in [-0.25, -0.2) is 0 Å². The van der Waals surface area contributed by atoms with Gasteiger partial charge in [0.1, 0.15) is 12.4 Å². The molecular formula is C20H21ClN2O3. The summed E-state index contributed by atoms with van der Waals surface area (Å²) < 4.78 is 5.61. The van der Waals surface area contributed by atoms with Crippen LogP contribution in [0, 0.1) is 5.92 Å². The van der Waals surface area contributed by atoms with E-state index in [2.05, 4.69) is 5.32 Å². The normalized spacial score (nSPS) is 13.2. The van der Waals surface area contributed by atoms with Gasteiger partial charge in [0.25, 0.3) is 5.91 Å². The minimum atomic E-state index is -0.0974. The SMILES string of the molecule is CN(CCOc1cccc(Cl)c1)C(=O)c1ccc(NC(=O)C2CC2)cc1. The third kappa shape index (κ3) is 4.99. The molecule has 1 saturated carbocycles. The molecule has 0 bridgehead atoms. The van der Waals surface area contributed by atoms with E-state index in [-0.39, 0.29) is 17.7 Å². The van der Waals surface area contributed by atoms with Gasteiger partial charge in [0, 0.05) is 29.2 Å². The van der Waals surface area contributed by atoms with Crippen molar-refractivity contribution in [1.82, 2.24) is 4.90 Å². The van der Waals surface area contributed by atoms with Crippen molar-refractivity contribution in [3.8, 4) is 5.75 Å². The van der Waals surface area contributed by atoms with Crippen LogP contribution in [0.5, 0.6) is 5.75 Å². The maximum Gasteiger partial charge on any atom is 0.253 e. The largest absolute Gasteiger partial charge is 0.492 e. The second-order valence-corrected chi connectivity index (χ2v) is 6.81. The number of likely N-dealkylation sites (N-methyl/N-ethyl adjacent to an activating group) is 1. The van der Waals surface area contributed by atoms with Crippen molar-refractivity contribution in [2.75, 3.05) is 25.5 Å². The standard InChI is InChI=1S/C20H21ClN2O3/c1-23(11-12-26-18-4-2-3-16(21)13-18)20(25)15-7-9-17(10-8-15)22-19(24)14-5-6-14/h2-4,7-10,13-14H,5-6,11-12H2,1H3,(H,22,24).